The van der Waals surface area contributed by atoms with Crippen molar-refractivity contribution in [3.63, 3.8) is 0 Å². The third-order valence-corrected chi connectivity index (χ3v) is 4.43. The first kappa shape index (κ1) is 13.8. The number of nitrogens with zero attached hydrogens (tertiary/aromatic N) is 4. The lowest BCUT2D eigenvalue weighted by Gasteiger charge is -2.28. The molecule has 0 saturated carbocycles. The number of hydrogen-bond donors (Lipinski definition) is 2. The predicted molar refractivity (Wildman–Crippen MR) is 84.4 cm³/mol. The fraction of sp³-hybridized carbons (Fsp3) is 0.375. The molecule has 0 unspecified atom stereocenters. The van der Waals surface area contributed by atoms with Crippen LogP contribution in [0.4, 0.5) is 0 Å². The summed E-state index contributed by atoms with van der Waals surface area (Å²) in [6.45, 7) is 1.31. The van der Waals surface area contributed by atoms with Gasteiger partial charge in [0, 0.05) is 30.6 Å². The molecular formula is C16H16N6O. The molecular weight excluding hydrogens is 292 g/mol. The molecule has 4 heterocycles. The largest absolute Gasteiger partial charge is 0.346 e. The van der Waals surface area contributed by atoms with E-state index in [1.54, 1.807) is 6.20 Å². The molecule has 0 bridgehead atoms. The number of rotatable bonds is 2. The molecule has 4 rings (SSSR count). The Balaban J connectivity index is 1.53. The van der Waals surface area contributed by atoms with Crippen molar-refractivity contribution in [1.82, 2.24) is 24.8 Å². The minimum Gasteiger partial charge on any atom is -0.346 e. The van der Waals surface area contributed by atoms with Crippen molar-refractivity contribution in [2.45, 2.75) is 19.3 Å². The van der Waals surface area contributed by atoms with Crippen LogP contribution in [0.15, 0.2) is 18.5 Å². The summed E-state index contributed by atoms with van der Waals surface area (Å²) in [6, 6.07) is 4.21. The van der Waals surface area contributed by atoms with E-state index in [-0.39, 0.29) is 18.2 Å². The topological polar surface area (TPSA) is 101 Å². The molecule has 23 heavy (non-hydrogen) atoms. The average Bonchev–Trinajstić information content (AvgIpc) is 3.20. The molecule has 2 N–H and O–H groups in total. The quantitative estimate of drug-likeness (QED) is 0.753. The standard InChI is InChI=1S/C16H16N6O/c17-8-10-2-5-22(6-3-10)14(23)7-13-20-12-9-19-16-11(1-4-18-16)15(12)21-13/h1,4,9-10H,2-3,5-7H2,(H,18,19)(H,20,21). The number of piperidine rings is 1. The lowest BCUT2D eigenvalue weighted by atomic mass is 9.98. The Labute approximate surface area is 132 Å². The van der Waals surface area contributed by atoms with Gasteiger partial charge in [0.2, 0.25) is 5.91 Å². The van der Waals surface area contributed by atoms with Gasteiger partial charge in [-0.25, -0.2) is 9.97 Å². The number of nitrogens with one attached hydrogen (secondary N) is 2. The first-order valence-corrected chi connectivity index (χ1v) is 7.72. The highest BCUT2D eigenvalue weighted by molar-refractivity contribution is 6.00. The van der Waals surface area contributed by atoms with E-state index < -0.39 is 0 Å². The van der Waals surface area contributed by atoms with Crippen molar-refractivity contribution in [3.05, 3.63) is 24.3 Å². The smallest absolute Gasteiger partial charge is 0.230 e. The van der Waals surface area contributed by atoms with Crippen LogP contribution in [0.2, 0.25) is 0 Å². The number of fused-ring (bicyclic) bond motifs is 3. The molecule has 1 amide bonds. The Morgan fingerprint density at radius 3 is 3.04 bits per heavy atom. The molecule has 3 aromatic rings. The van der Waals surface area contributed by atoms with Gasteiger partial charge in [0.15, 0.2) is 0 Å². The molecule has 1 aliphatic heterocycles. The lowest BCUT2D eigenvalue weighted by molar-refractivity contribution is -0.131. The summed E-state index contributed by atoms with van der Waals surface area (Å²) in [6.07, 6.45) is 5.33. The van der Waals surface area contributed by atoms with Gasteiger partial charge in [-0.3, -0.25) is 4.79 Å². The Hall–Kier alpha value is -2.88. The molecule has 116 valence electrons. The van der Waals surface area contributed by atoms with Gasteiger partial charge >= 0.3 is 0 Å². The summed E-state index contributed by atoms with van der Waals surface area (Å²) in [7, 11) is 0. The molecule has 1 fully saturated rings. The van der Waals surface area contributed by atoms with Gasteiger partial charge in [-0.1, -0.05) is 0 Å². The normalized spacial score (nSPS) is 16.0. The minimum absolute atomic E-state index is 0.0544. The van der Waals surface area contributed by atoms with Gasteiger partial charge in [-0.2, -0.15) is 5.26 Å². The van der Waals surface area contributed by atoms with E-state index in [9.17, 15) is 4.79 Å². The van der Waals surface area contributed by atoms with E-state index in [1.807, 2.05) is 17.2 Å². The lowest BCUT2D eigenvalue weighted by Crippen LogP contribution is -2.39. The highest BCUT2D eigenvalue weighted by Gasteiger charge is 2.23. The number of likely N-dealkylation sites (tertiary alicyclic amines) is 1. The van der Waals surface area contributed by atoms with Crippen molar-refractivity contribution in [2.24, 2.45) is 5.92 Å². The van der Waals surface area contributed by atoms with Crippen LogP contribution < -0.4 is 0 Å². The number of imidazole rings is 1. The van der Waals surface area contributed by atoms with Crippen LogP contribution in [0.25, 0.3) is 22.1 Å². The van der Waals surface area contributed by atoms with Crippen LogP contribution >= 0.6 is 0 Å². The van der Waals surface area contributed by atoms with E-state index in [0.717, 1.165) is 34.9 Å². The zero-order valence-corrected chi connectivity index (χ0v) is 12.5. The maximum absolute atomic E-state index is 12.4. The molecule has 7 heteroatoms. The fourth-order valence-corrected chi connectivity index (χ4v) is 3.12. The van der Waals surface area contributed by atoms with Crippen LogP contribution in [0, 0.1) is 17.2 Å². The van der Waals surface area contributed by atoms with E-state index in [0.29, 0.717) is 18.9 Å². The first-order chi connectivity index (χ1) is 11.2. The highest BCUT2D eigenvalue weighted by Crippen LogP contribution is 2.21. The van der Waals surface area contributed by atoms with Crippen LogP contribution in [0.5, 0.6) is 0 Å². The van der Waals surface area contributed by atoms with E-state index in [4.69, 9.17) is 5.26 Å². The molecule has 0 atom stereocenters. The molecule has 1 saturated heterocycles. The molecule has 0 spiro atoms. The number of carbonyl (C=O) groups excluding carboxylic acids is 1. The number of carbonyl (C=O) groups is 1. The Morgan fingerprint density at radius 2 is 2.26 bits per heavy atom. The van der Waals surface area contributed by atoms with Crippen LogP contribution in [-0.2, 0) is 11.2 Å². The molecule has 0 aromatic carbocycles. The molecule has 0 radical (unpaired) electrons. The first-order valence-electron chi connectivity index (χ1n) is 7.72. The summed E-state index contributed by atoms with van der Waals surface area (Å²) >= 11 is 0. The monoisotopic (exact) mass is 308 g/mol. The van der Waals surface area contributed by atoms with Crippen molar-refractivity contribution in [1.29, 1.82) is 5.26 Å². The highest BCUT2D eigenvalue weighted by atomic mass is 16.2. The second-order valence-corrected chi connectivity index (χ2v) is 5.90. The zero-order valence-electron chi connectivity index (χ0n) is 12.5. The average molecular weight is 308 g/mol. The number of aromatic nitrogens is 4. The fourth-order valence-electron chi connectivity index (χ4n) is 3.12. The van der Waals surface area contributed by atoms with Crippen LogP contribution in [0.3, 0.4) is 0 Å². The van der Waals surface area contributed by atoms with Gasteiger partial charge < -0.3 is 14.9 Å². The molecule has 3 aromatic heterocycles. The Bertz CT molecular complexity index is 910. The Kier molecular flexibility index (Phi) is 3.23. The third-order valence-electron chi connectivity index (χ3n) is 4.43. The van der Waals surface area contributed by atoms with Gasteiger partial charge in [-0.05, 0) is 18.9 Å². The van der Waals surface area contributed by atoms with Gasteiger partial charge in [0.05, 0.1) is 24.2 Å². The zero-order chi connectivity index (χ0) is 15.8. The maximum Gasteiger partial charge on any atom is 0.230 e. The maximum atomic E-state index is 12.4. The number of pyridine rings is 1. The van der Waals surface area contributed by atoms with E-state index in [1.165, 1.54) is 0 Å². The van der Waals surface area contributed by atoms with Crippen molar-refractivity contribution in [2.75, 3.05) is 13.1 Å². The summed E-state index contributed by atoms with van der Waals surface area (Å²) < 4.78 is 0. The number of amides is 1. The SMILES string of the molecule is N#CC1CCN(C(=O)Cc2nc3c(cnc4[nH]ccc43)[nH]2)CC1. The van der Waals surface area contributed by atoms with Gasteiger partial charge in [0.1, 0.15) is 17.0 Å². The van der Waals surface area contributed by atoms with Crippen LogP contribution in [-0.4, -0.2) is 43.8 Å². The number of hydrogen-bond acceptors (Lipinski definition) is 4. The van der Waals surface area contributed by atoms with Crippen LogP contribution in [0.1, 0.15) is 18.7 Å². The minimum atomic E-state index is 0.0544. The van der Waals surface area contributed by atoms with Gasteiger partial charge in [0.25, 0.3) is 0 Å². The summed E-state index contributed by atoms with van der Waals surface area (Å²) in [5.41, 5.74) is 2.46. The molecule has 7 nitrogen and oxygen atoms in total. The van der Waals surface area contributed by atoms with E-state index in [2.05, 4.69) is 26.0 Å². The van der Waals surface area contributed by atoms with Crippen molar-refractivity contribution < 1.29 is 4.79 Å². The second-order valence-electron chi connectivity index (χ2n) is 5.90. The molecule has 0 aliphatic carbocycles. The second kappa shape index (κ2) is 5.39. The summed E-state index contributed by atoms with van der Waals surface area (Å²) in [5, 5.41) is 9.87. The van der Waals surface area contributed by atoms with Gasteiger partial charge in [-0.15, -0.1) is 0 Å². The van der Waals surface area contributed by atoms with Crippen molar-refractivity contribution >= 4 is 28.0 Å². The number of nitriles is 1. The summed E-state index contributed by atoms with van der Waals surface area (Å²) in [5.74, 6) is 0.792. The Morgan fingerprint density at radius 1 is 1.43 bits per heavy atom. The summed E-state index contributed by atoms with van der Waals surface area (Å²) in [4.78, 5) is 29.4. The number of aromatic amines is 2. The van der Waals surface area contributed by atoms with Crippen molar-refractivity contribution in [3.8, 4) is 6.07 Å². The predicted octanol–water partition coefficient (Wildman–Crippen LogP) is 1.74. The number of H-pyrrole nitrogens is 2. The van der Waals surface area contributed by atoms with E-state index >= 15 is 0 Å². The molecule has 1 aliphatic rings. The third kappa shape index (κ3) is 2.42.